The first kappa shape index (κ1) is 15.0. The normalized spacial score (nSPS) is 27.1. The third kappa shape index (κ3) is 3.60. The highest BCUT2D eigenvalue weighted by Gasteiger charge is 2.37. The molecule has 0 bridgehead atoms. The van der Waals surface area contributed by atoms with E-state index in [1.165, 1.54) is 0 Å². The average molecular weight is 276 g/mol. The predicted octanol–water partition coefficient (Wildman–Crippen LogP) is 3.42. The van der Waals surface area contributed by atoms with Crippen molar-refractivity contribution in [3.8, 4) is 0 Å². The summed E-state index contributed by atoms with van der Waals surface area (Å²) in [5.41, 5.74) is 0.718. The van der Waals surface area contributed by atoms with Gasteiger partial charge < -0.3 is 9.84 Å². The smallest absolute Gasteiger partial charge is 0.338 e. The summed E-state index contributed by atoms with van der Waals surface area (Å²) in [7, 11) is 0. The Balaban J connectivity index is 2.02. The molecule has 0 heterocycles. The molecule has 0 saturated heterocycles. The van der Waals surface area contributed by atoms with Crippen molar-refractivity contribution in [3.05, 3.63) is 35.9 Å². The number of ether oxygens (including phenoxy) is 1. The fraction of sp³-hybridized carbons (Fsp3) is 0.588. The van der Waals surface area contributed by atoms with Gasteiger partial charge in [0.25, 0.3) is 0 Å². The minimum atomic E-state index is -0.540. The van der Waals surface area contributed by atoms with Gasteiger partial charge in [0, 0.05) is 0 Å². The van der Waals surface area contributed by atoms with Crippen LogP contribution in [0.5, 0.6) is 0 Å². The van der Waals surface area contributed by atoms with E-state index in [0.29, 0.717) is 17.9 Å². The Morgan fingerprint density at radius 3 is 2.45 bits per heavy atom. The average Bonchev–Trinajstić information content (AvgIpc) is 2.41. The van der Waals surface area contributed by atoms with E-state index in [2.05, 4.69) is 20.8 Å². The van der Waals surface area contributed by atoms with Crippen LogP contribution in [0.4, 0.5) is 0 Å². The number of aliphatic hydroxyl groups excluding tert-OH is 1. The fourth-order valence-electron chi connectivity index (χ4n) is 2.81. The highest BCUT2D eigenvalue weighted by Crippen LogP contribution is 2.39. The lowest BCUT2D eigenvalue weighted by Crippen LogP contribution is -2.40. The zero-order chi connectivity index (χ0) is 14.8. The first-order chi connectivity index (χ1) is 9.38. The van der Waals surface area contributed by atoms with Crippen molar-refractivity contribution in [1.29, 1.82) is 0 Å². The van der Waals surface area contributed by atoms with Gasteiger partial charge in [0.15, 0.2) is 0 Å². The van der Waals surface area contributed by atoms with Gasteiger partial charge in [-0.25, -0.2) is 4.79 Å². The van der Waals surface area contributed by atoms with Crippen molar-refractivity contribution < 1.29 is 14.6 Å². The van der Waals surface area contributed by atoms with Crippen LogP contribution in [0.15, 0.2) is 30.3 Å². The van der Waals surface area contributed by atoms with Crippen molar-refractivity contribution in [2.45, 2.75) is 52.2 Å². The molecule has 2 rings (SSSR count). The summed E-state index contributed by atoms with van der Waals surface area (Å²) in [6, 6.07) is 8.96. The van der Waals surface area contributed by atoms with Gasteiger partial charge in [-0.15, -0.1) is 0 Å². The van der Waals surface area contributed by atoms with Crippen LogP contribution in [0.3, 0.4) is 0 Å². The number of hydrogen-bond donors (Lipinski definition) is 1. The van der Waals surface area contributed by atoms with Crippen LogP contribution in [0.1, 0.15) is 50.4 Å². The minimum absolute atomic E-state index is 0.178. The van der Waals surface area contributed by atoms with Crippen LogP contribution >= 0.6 is 0 Å². The summed E-state index contributed by atoms with van der Waals surface area (Å²) in [5.74, 6) is 0.128. The number of benzene rings is 1. The highest BCUT2D eigenvalue weighted by atomic mass is 16.6. The van der Waals surface area contributed by atoms with E-state index in [1.54, 1.807) is 12.1 Å². The monoisotopic (exact) mass is 276 g/mol. The van der Waals surface area contributed by atoms with Gasteiger partial charge in [-0.3, -0.25) is 0 Å². The van der Waals surface area contributed by atoms with Crippen LogP contribution in [0.2, 0.25) is 0 Å². The van der Waals surface area contributed by atoms with Crippen LogP contribution in [-0.4, -0.2) is 23.3 Å². The van der Waals surface area contributed by atoms with E-state index in [9.17, 15) is 9.90 Å². The van der Waals surface area contributed by atoms with Crippen LogP contribution < -0.4 is 0 Å². The molecule has 0 aromatic heterocycles. The molecule has 1 N–H and O–H groups in total. The molecule has 1 fully saturated rings. The van der Waals surface area contributed by atoms with E-state index in [-0.39, 0.29) is 17.5 Å². The largest absolute Gasteiger partial charge is 0.456 e. The van der Waals surface area contributed by atoms with Gasteiger partial charge in [0.2, 0.25) is 0 Å². The molecule has 0 spiro atoms. The topological polar surface area (TPSA) is 46.5 Å². The quantitative estimate of drug-likeness (QED) is 0.842. The molecule has 1 saturated carbocycles. The number of aliphatic hydroxyl groups is 1. The third-order valence-electron chi connectivity index (χ3n) is 4.25. The second-order valence-corrected chi connectivity index (χ2v) is 6.75. The molecule has 1 aromatic carbocycles. The maximum atomic E-state index is 12.1. The molecule has 1 aromatic rings. The summed E-state index contributed by atoms with van der Waals surface area (Å²) in [6.45, 7) is 6.60. The van der Waals surface area contributed by atoms with Crippen molar-refractivity contribution in [3.63, 3.8) is 0 Å². The molecule has 3 nitrogen and oxygen atoms in total. The second kappa shape index (κ2) is 5.96. The standard InChI is InChI=1S/C17H24O3/c1-17(2,3)13-9-10-14(18)15(11-13)20-16(19)12-7-5-4-6-8-12/h4-8,13-15,18H,9-11H2,1-3H3/t13?,14?,15-/m1/s1. The van der Waals surface area contributed by atoms with Gasteiger partial charge in [0.05, 0.1) is 11.7 Å². The molecular weight excluding hydrogens is 252 g/mol. The fourth-order valence-corrected chi connectivity index (χ4v) is 2.81. The van der Waals surface area contributed by atoms with Gasteiger partial charge in [-0.2, -0.15) is 0 Å². The van der Waals surface area contributed by atoms with Gasteiger partial charge >= 0.3 is 5.97 Å². The van der Waals surface area contributed by atoms with E-state index in [1.807, 2.05) is 18.2 Å². The molecule has 2 unspecified atom stereocenters. The molecule has 3 atom stereocenters. The maximum Gasteiger partial charge on any atom is 0.338 e. The summed E-state index contributed by atoms with van der Waals surface area (Å²) >= 11 is 0. The van der Waals surface area contributed by atoms with Crippen molar-refractivity contribution in [2.24, 2.45) is 11.3 Å². The molecule has 0 aliphatic heterocycles. The lowest BCUT2D eigenvalue weighted by molar-refractivity contribution is -0.0603. The van der Waals surface area contributed by atoms with Gasteiger partial charge in [0.1, 0.15) is 6.10 Å². The molecule has 0 radical (unpaired) electrons. The Hall–Kier alpha value is -1.35. The number of carbonyl (C=O) groups excluding carboxylic acids is 1. The summed E-state index contributed by atoms with van der Waals surface area (Å²) in [4.78, 5) is 12.1. The zero-order valence-corrected chi connectivity index (χ0v) is 12.5. The lowest BCUT2D eigenvalue weighted by atomic mass is 9.71. The number of rotatable bonds is 2. The van der Waals surface area contributed by atoms with E-state index in [4.69, 9.17) is 4.74 Å². The van der Waals surface area contributed by atoms with Crippen LogP contribution in [0, 0.1) is 11.3 Å². The molecular formula is C17H24O3. The predicted molar refractivity (Wildman–Crippen MR) is 78.4 cm³/mol. The number of carbonyl (C=O) groups is 1. The Morgan fingerprint density at radius 2 is 1.85 bits per heavy atom. The molecule has 1 aliphatic rings. The van der Waals surface area contributed by atoms with E-state index in [0.717, 1.165) is 12.8 Å². The van der Waals surface area contributed by atoms with Crippen LogP contribution in [0.25, 0.3) is 0 Å². The minimum Gasteiger partial charge on any atom is -0.456 e. The van der Waals surface area contributed by atoms with Crippen molar-refractivity contribution in [1.82, 2.24) is 0 Å². The number of hydrogen-bond acceptors (Lipinski definition) is 3. The summed E-state index contributed by atoms with van der Waals surface area (Å²) in [5, 5.41) is 10.1. The lowest BCUT2D eigenvalue weighted by Gasteiger charge is -2.39. The third-order valence-corrected chi connectivity index (χ3v) is 4.25. The zero-order valence-electron chi connectivity index (χ0n) is 12.5. The molecule has 1 aliphatic carbocycles. The highest BCUT2D eigenvalue weighted by molar-refractivity contribution is 5.89. The van der Waals surface area contributed by atoms with Crippen LogP contribution in [-0.2, 0) is 4.74 Å². The first-order valence-electron chi connectivity index (χ1n) is 7.32. The van der Waals surface area contributed by atoms with Gasteiger partial charge in [-0.1, -0.05) is 39.0 Å². The van der Waals surface area contributed by atoms with Gasteiger partial charge in [-0.05, 0) is 42.7 Å². The Bertz CT molecular complexity index is 447. The Morgan fingerprint density at radius 1 is 1.20 bits per heavy atom. The first-order valence-corrected chi connectivity index (χ1v) is 7.32. The second-order valence-electron chi connectivity index (χ2n) is 6.75. The molecule has 3 heteroatoms. The summed E-state index contributed by atoms with van der Waals surface area (Å²) < 4.78 is 5.53. The molecule has 110 valence electrons. The Labute approximate surface area is 121 Å². The molecule has 20 heavy (non-hydrogen) atoms. The maximum absolute atomic E-state index is 12.1. The Kier molecular flexibility index (Phi) is 4.48. The van der Waals surface area contributed by atoms with Crippen molar-refractivity contribution in [2.75, 3.05) is 0 Å². The van der Waals surface area contributed by atoms with E-state index < -0.39 is 6.10 Å². The van der Waals surface area contributed by atoms with Crippen molar-refractivity contribution >= 4 is 5.97 Å². The van der Waals surface area contributed by atoms with E-state index >= 15 is 0 Å². The summed E-state index contributed by atoms with van der Waals surface area (Å²) in [6.07, 6.45) is 1.50. The number of esters is 1. The molecule has 0 amide bonds. The SMILES string of the molecule is CC(C)(C)C1CCC(O)[C@H](OC(=O)c2ccccc2)C1.